The van der Waals surface area contributed by atoms with Crippen LogP contribution >= 0.6 is 0 Å². The molecule has 0 saturated carbocycles. The van der Waals surface area contributed by atoms with E-state index in [-0.39, 0.29) is 11.3 Å². The molecule has 0 radical (unpaired) electrons. The van der Waals surface area contributed by atoms with Crippen molar-refractivity contribution in [3.8, 4) is 0 Å². The fraction of sp³-hybridized carbons (Fsp3) is 0.536. The first-order valence-corrected chi connectivity index (χ1v) is 14.4. The van der Waals surface area contributed by atoms with Gasteiger partial charge in [0.15, 0.2) is 0 Å². The summed E-state index contributed by atoms with van der Waals surface area (Å²) in [6, 6.07) is 16.0. The average molecular weight is 496 g/mol. The van der Waals surface area contributed by atoms with Crippen LogP contribution in [0.25, 0.3) is 0 Å². The second kappa shape index (κ2) is 9.58. The van der Waals surface area contributed by atoms with Crippen LogP contribution in [0.1, 0.15) is 50.7 Å². The van der Waals surface area contributed by atoms with Crippen molar-refractivity contribution in [1.29, 1.82) is 0 Å². The molecule has 2 aromatic carbocycles. The van der Waals surface area contributed by atoms with E-state index in [1.54, 1.807) is 10.4 Å². The maximum atomic E-state index is 13.5. The van der Waals surface area contributed by atoms with E-state index >= 15 is 0 Å². The smallest absolute Gasteiger partial charge is 0.243 e. The van der Waals surface area contributed by atoms with Gasteiger partial charge in [0.05, 0.1) is 11.4 Å². The van der Waals surface area contributed by atoms with Gasteiger partial charge in [-0.05, 0) is 67.3 Å². The van der Waals surface area contributed by atoms with Crippen LogP contribution in [0.2, 0.25) is 0 Å². The summed E-state index contributed by atoms with van der Waals surface area (Å²) in [5.74, 6) is 0.686. The lowest BCUT2D eigenvalue weighted by atomic mass is 9.87. The Hall–Kier alpha value is -2.38. The number of carbonyl (C=O) groups excluding carboxylic acids is 1. The normalized spacial score (nSPS) is 20.9. The van der Waals surface area contributed by atoms with Crippen molar-refractivity contribution in [2.45, 2.75) is 56.3 Å². The first kappa shape index (κ1) is 24.3. The van der Waals surface area contributed by atoms with Crippen molar-refractivity contribution in [3.05, 3.63) is 59.7 Å². The minimum atomic E-state index is -3.54. The van der Waals surface area contributed by atoms with E-state index in [2.05, 4.69) is 43.0 Å². The highest BCUT2D eigenvalue weighted by atomic mass is 32.2. The predicted octanol–water partition coefficient (Wildman–Crippen LogP) is 4.05. The summed E-state index contributed by atoms with van der Waals surface area (Å²) in [6.07, 6.45) is 4.94. The molecule has 1 amide bonds. The van der Waals surface area contributed by atoms with Gasteiger partial charge in [0.1, 0.15) is 0 Å². The van der Waals surface area contributed by atoms with E-state index < -0.39 is 10.0 Å². The second-order valence-electron chi connectivity index (χ2n) is 11.0. The van der Waals surface area contributed by atoms with Crippen molar-refractivity contribution in [2.24, 2.45) is 5.92 Å². The Kier molecular flexibility index (Phi) is 6.66. The second-order valence-corrected chi connectivity index (χ2v) is 13.0. The molecule has 2 saturated heterocycles. The Balaban J connectivity index is 1.28. The zero-order valence-corrected chi connectivity index (χ0v) is 21.8. The number of nitrogens with zero attached hydrogens (tertiary/aromatic N) is 3. The summed E-state index contributed by atoms with van der Waals surface area (Å²) < 4.78 is 28.8. The number of benzene rings is 2. The summed E-state index contributed by atoms with van der Waals surface area (Å²) in [4.78, 5) is 17.2. The zero-order chi connectivity index (χ0) is 24.6. The summed E-state index contributed by atoms with van der Waals surface area (Å²) in [5.41, 5.74) is 3.12. The molecule has 0 aromatic heterocycles. The van der Waals surface area contributed by atoms with E-state index in [1.165, 1.54) is 5.56 Å². The summed E-state index contributed by atoms with van der Waals surface area (Å²) in [5, 5.41) is 0. The van der Waals surface area contributed by atoms with E-state index in [0.717, 1.165) is 63.0 Å². The number of amides is 1. The first-order chi connectivity index (χ1) is 16.7. The van der Waals surface area contributed by atoms with Gasteiger partial charge < -0.3 is 9.80 Å². The number of sulfonamides is 1. The lowest BCUT2D eigenvalue weighted by Crippen LogP contribution is -2.40. The number of piperidine rings is 1. The molecule has 3 aliphatic rings. The third kappa shape index (κ3) is 4.98. The molecule has 0 unspecified atom stereocenters. The van der Waals surface area contributed by atoms with Crippen LogP contribution < -0.4 is 4.90 Å². The number of rotatable bonds is 6. The average Bonchev–Trinajstić information content (AvgIpc) is 3.47. The SMILES string of the molecule is CC1(C)CN(CC(=O)N2CCCC2)c2ccc(S(=O)(=O)N3CCC(Cc4ccccc4)CC3)cc21. The molecular weight excluding hydrogens is 458 g/mol. The summed E-state index contributed by atoms with van der Waals surface area (Å²) in [6.45, 7) is 8.18. The maximum absolute atomic E-state index is 13.5. The maximum Gasteiger partial charge on any atom is 0.243 e. The number of hydrogen-bond donors (Lipinski definition) is 0. The van der Waals surface area contributed by atoms with Crippen molar-refractivity contribution in [3.63, 3.8) is 0 Å². The Bertz CT molecular complexity index is 1170. The van der Waals surface area contributed by atoms with Gasteiger partial charge in [-0.2, -0.15) is 4.31 Å². The van der Waals surface area contributed by atoms with Crippen LogP contribution in [-0.4, -0.2) is 62.8 Å². The largest absolute Gasteiger partial charge is 0.361 e. The van der Waals surface area contributed by atoms with E-state index in [1.807, 2.05) is 23.1 Å². The predicted molar refractivity (Wildman–Crippen MR) is 139 cm³/mol. The van der Waals surface area contributed by atoms with Crippen LogP contribution in [0.15, 0.2) is 53.4 Å². The number of carbonyl (C=O) groups is 1. The minimum Gasteiger partial charge on any atom is -0.361 e. The molecular formula is C28H37N3O3S. The van der Waals surface area contributed by atoms with Crippen LogP contribution in [0.5, 0.6) is 0 Å². The number of likely N-dealkylation sites (tertiary alicyclic amines) is 1. The molecule has 0 bridgehead atoms. The van der Waals surface area contributed by atoms with Gasteiger partial charge >= 0.3 is 0 Å². The third-order valence-corrected chi connectivity index (χ3v) is 9.88. The van der Waals surface area contributed by atoms with Crippen LogP contribution in [0, 0.1) is 5.92 Å². The summed E-state index contributed by atoms with van der Waals surface area (Å²) >= 11 is 0. The highest BCUT2D eigenvalue weighted by Gasteiger charge is 2.38. The molecule has 7 heteroatoms. The van der Waals surface area contributed by atoms with Crippen molar-refractivity contribution in [1.82, 2.24) is 9.21 Å². The molecule has 0 spiro atoms. The van der Waals surface area contributed by atoms with E-state index in [0.29, 0.717) is 30.4 Å². The third-order valence-electron chi connectivity index (χ3n) is 7.99. The molecule has 35 heavy (non-hydrogen) atoms. The molecule has 0 N–H and O–H groups in total. The Morgan fingerprint density at radius 2 is 1.66 bits per heavy atom. The van der Waals surface area contributed by atoms with Crippen LogP contribution in [0.4, 0.5) is 5.69 Å². The number of anilines is 1. The van der Waals surface area contributed by atoms with Crippen molar-refractivity contribution in [2.75, 3.05) is 44.2 Å². The molecule has 0 aliphatic carbocycles. The molecule has 6 nitrogen and oxygen atoms in total. The fourth-order valence-corrected chi connectivity index (χ4v) is 7.46. The first-order valence-electron chi connectivity index (χ1n) is 13.0. The topological polar surface area (TPSA) is 60.9 Å². The number of hydrogen-bond acceptors (Lipinski definition) is 4. The van der Waals surface area contributed by atoms with Gasteiger partial charge in [0, 0.05) is 43.8 Å². The molecule has 5 rings (SSSR count). The summed E-state index contributed by atoms with van der Waals surface area (Å²) in [7, 11) is -3.54. The molecule has 3 aliphatic heterocycles. The Morgan fingerprint density at radius 1 is 0.971 bits per heavy atom. The molecule has 2 fully saturated rings. The quantitative estimate of drug-likeness (QED) is 0.607. The minimum absolute atomic E-state index is 0.168. The fourth-order valence-electron chi connectivity index (χ4n) is 5.96. The highest BCUT2D eigenvalue weighted by molar-refractivity contribution is 7.89. The van der Waals surface area contributed by atoms with Crippen LogP contribution in [-0.2, 0) is 26.7 Å². The van der Waals surface area contributed by atoms with Gasteiger partial charge in [-0.15, -0.1) is 0 Å². The van der Waals surface area contributed by atoms with Crippen molar-refractivity contribution < 1.29 is 13.2 Å². The van der Waals surface area contributed by atoms with Gasteiger partial charge in [-0.3, -0.25) is 4.79 Å². The van der Waals surface area contributed by atoms with Gasteiger partial charge in [-0.25, -0.2) is 8.42 Å². The standard InChI is InChI=1S/C28H37N3O3S/c1-28(2)21-30(20-27(32)29-14-6-7-15-29)26-11-10-24(19-25(26)28)35(33,34)31-16-12-23(13-17-31)18-22-8-4-3-5-9-22/h3-5,8-11,19,23H,6-7,12-18,20-21H2,1-2H3. The molecule has 3 heterocycles. The van der Waals surface area contributed by atoms with Gasteiger partial charge in [-0.1, -0.05) is 44.2 Å². The van der Waals surface area contributed by atoms with E-state index in [4.69, 9.17) is 0 Å². The Labute approximate surface area is 210 Å². The van der Waals surface area contributed by atoms with Crippen molar-refractivity contribution >= 4 is 21.6 Å². The Morgan fingerprint density at radius 3 is 2.34 bits per heavy atom. The highest BCUT2D eigenvalue weighted by Crippen LogP contribution is 2.42. The molecule has 188 valence electrons. The van der Waals surface area contributed by atoms with E-state index in [9.17, 15) is 13.2 Å². The monoisotopic (exact) mass is 495 g/mol. The lowest BCUT2D eigenvalue weighted by Gasteiger charge is -2.31. The molecule has 2 aromatic rings. The van der Waals surface area contributed by atoms with Crippen LogP contribution in [0.3, 0.4) is 0 Å². The number of fused-ring (bicyclic) bond motifs is 1. The van der Waals surface area contributed by atoms with Gasteiger partial charge in [0.2, 0.25) is 15.9 Å². The zero-order valence-electron chi connectivity index (χ0n) is 20.9. The lowest BCUT2D eigenvalue weighted by molar-refractivity contribution is -0.128. The molecule has 0 atom stereocenters. The van der Waals surface area contributed by atoms with Gasteiger partial charge in [0.25, 0.3) is 0 Å².